The van der Waals surface area contributed by atoms with E-state index in [0.29, 0.717) is 5.56 Å². The summed E-state index contributed by atoms with van der Waals surface area (Å²) in [6, 6.07) is 2.43. The number of aryl methyl sites for hydroxylation is 1. The van der Waals surface area contributed by atoms with Gasteiger partial charge in [-0.3, -0.25) is 14.7 Å². The first-order chi connectivity index (χ1) is 6.75. The van der Waals surface area contributed by atoms with Gasteiger partial charge in [0.15, 0.2) is 0 Å². The van der Waals surface area contributed by atoms with E-state index in [1.165, 1.54) is 19.9 Å². The van der Waals surface area contributed by atoms with Crippen molar-refractivity contribution in [3.8, 4) is 0 Å². The minimum absolute atomic E-state index is 0.0532. The smallest absolute Gasteiger partial charge is 0.282 e. The molecule has 0 radical (unpaired) electrons. The van der Waals surface area contributed by atoms with Gasteiger partial charge >= 0.3 is 0 Å². The van der Waals surface area contributed by atoms with Gasteiger partial charge in [0.1, 0.15) is 4.90 Å². The molecule has 1 aromatic rings. The van der Waals surface area contributed by atoms with Crippen LogP contribution in [-0.2, 0) is 10.1 Å². The highest BCUT2D eigenvalue weighted by Gasteiger charge is 2.23. The first kappa shape index (κ1) is 11.6. The summed E-state index contributed by atoms with van der Waals surface area (Å²) >= 11 is 0. The van der Waals surface area contributed by atoms with Crippen LogP contribution in [0.4, 0.5) is 5.69 Å². The van der Waals surface area contributed by atoms with E-state index in [9.17, 15) is 18.5 Å². The molecule has 0 saturated carbocycles. The molecule has 0 aliphatic carbocycles. The van der Waals surface area contributed by atoms with Crippen molar-refractivity contribution in [3.63, 3.8) is 0 Å². The second-order valence-electron chi connectivity index (χ2n) is 3.09. The van der Waals surface area contributed by atoms with Crippen molar-refractivity contribution in [3.05, 3.63) is 33.4 Å². The molecular weight excluding hydrogens is 222 g/mol. The van der Waals surface area contributed by atoms with Crippen LogP contribution in [-0.4, -0.2) is 17.9 Å². The van der Waals surface area contributed by atoms with Crippen LogP contribution in [0.15, 0.2) is 17.0 Å². The lowest BCUT2D eigenvalue weighted by molar-refractivity contribution is -0.386. The number of rotatable bonds is 2. The standard InChI is InChI=1S/C8H9NO5S/c1-5-3-4-7(15(12,13)14)6(2)8(5)9(10)11/h3-4H,1-2H3,(H,12,13,14). The summed E-state index contributed by atoms with van der Waals surface area (Å²) in [5, 5.41) is 10.7. The Kier molecular flexibility index (Phi) is 2.78. The highest BCUT2D eigenvalue weighted by atomic mass is 32.2. The van der Waals surface area contributed by atoms with Crippen molar-refractivity contribution in [2.24, 2.45) is 0 Å². The molecule has 0 amide bonds. The highest BCUT2D eigenvalue weighted by molar-refractivity contribution is 7.85. The van der Waals surface area contributed by atoms with Crippen molar-refractivity contribution in [2.45, 2.75) is 18.7 Å². The molecule has 0 atom stereocenters. The molecule has 1 aromatic carbocycles. The lowest BCUT2D eigenvalue weighted by Crippen LogP contribution is -2.04. The van der Waals surface area contributed by atoms with Gasteiger partial charge in [-0.1, -0.05) is 6.07 Å². The summed E-state index contributed by atoms with van der Waals surface area (Å²) in [6.45, 7) is 2.78. The van der Waals surface area contributed by atoms with Gasteiger partial charge in [-0.25, -0.2) is 0 Å². The lowest BCUT2D eigenvalue weighted by Gasteiger charge is -2.05. The fourth-order valence-corrected chi connectivity index (χ4v) is 2.10. The highest BCUT2D eigenvalue weighted by Crippen LogP contribution is 2.28. The van der Waals surface area contributed by atoms with Crippen molar-refractivity contribution < 1.29 is 17.9 Å². The molecule has 1 N–H and O–H groups in total. The Morgan fingerprint density at radius 3 is 2.27 bits per heavy atom. The molecule has 6 nitrogen and oxygen atoms in total. The molecule has 0 heterocycles. The molecule has 15 heavy (non-hydrogen) atoms. The quantitative estimate of drug-likeness (QED) is 0.472. The maximum atomic E-state index is 10.9. The summed E-state index contributed by atoms with van der Waals surface area (Å²) in [5.41, 5.74) is 0.0116. The second kappa shape index (κ2) is 3.59. The van der Waals surface area contributed by atoms with Crippen molar-refractivity contribution >= 4 is 15.8 Å². The van der Waals surface area contributed by atoms with Crippen molar-refractivity contribution in [2.75, 3.05) is 0 Å². The first-order valence-corrected chi connectivity index (χ1v) is 5.41. The average Bonchev–Trinajstić information content (AvgIpc) is 2.00. The average molecular weight is 231 g/mol. The van der Waals surface area contributed by atoms with Gasteiger partial charge in [-0.2, -0.15) is 8.42 Å². The van der Waals surface area contributed by atoms with E-state index in [0.717, 1.165) is 6.07 Å². The summed E-state index contributed by atoms with van der Waals surface area (Å²) in [5.74, 6) is 0. The molecule has 82 valence electrons. The normalized spacial score (nSPS) is 11.4. The summed E-state index contributed by atoms with van der Waals surface area (Å²) in [6.07, 6.45) is 0. The number of nitro groups is 1. The van der Waals surface area contributed by atoms with Gasteiger partial charge in [-0.05, 0) is 19.9 Å². The largest absolute Gasteiger partial charge is 0.295 e. The zero-order valence-electron chi connectivity index (χ0n) is 8.09. The predicted octanol–water partition coefficient (Wildman–Crippen LogP) is 1.46. The summed E-state index contributed by atoms with van der Waals surface area (Å²) in [7, 11) is -4.41. The van der Waals surface area contributed by atoms with Crippen LogP contribution in [0, 0.1) is 24.0 Å². The molecule has 1 rings (SSSR count). The van der Waals surface area contributed by atoms with Crippen LogP contribution in [0.5, 0.6) is 0 Å². The first-order valence-electron chi connectivity index (χ1n) is 3.97. The maximum absolute atomic E-state index is 10.9. The molecule has 0 bridgehead atoms. The summed E-state index contributed by atoms with van der Waals surface area (Å²) in [4.78, 5) is 9.55. The monoisotopic (exact) mass is 231 g/mol. The SMILES string of the molecule is Cc1ccc(S(=O)(=O)O)c(C)c1[N+](=O)[O-]. The minimum Gasteiger partial charge on any atom is -0.282 e. The number of nitro benzene ring substituents is 1. The van der Waals surface area contributed by atoms with Gasteiger partial charge in [-0.15, -0.1) is 0 Å². The van der Waals surface area contributed by atoms with E-state index < -0.39 is 19.9 Å². The van der Waals surface area contributed by atoms with Crippen LogP contribution in [0.1, 0.15) is 11.1 Å². The van der Waals surface area contributed by atoms with E-state index in [2.05, 4.69) is 0 Å². The van der Waals surface area contributed by atoms with Gasteiger partial charge in [0.2, 0.25) is 0 Å². The van der Waals surface area contributed by atoms with Crippen LogP contribution in [0.3, 0.4) is 0 Å². The van der Waals surface area contributed by atoms with E-state index in [1.54, 1.807) is 0 Å². The number of hydrogen-bond acceptors (Lipinski definition) is 4. The van der Waals surface area contributed by atoms with Crippen LogP contribution < -0.4 is 0 Å². The molecule has 0 aromatic heterocycles. The Morgan fingerprint density at radius 1 is 1.33 bits per heavy atom. The zero-order chi connectivity index (χ0) is 11.8. The molecule has 0 saturated heterocycles. The van der Waals surface area contributed by atoms with Crippen LogP contribution in [0.2, 0.25) is 0 Å². The van der Waals surface area contributed by atoms with Crippen molar-refractivity contribution in [1.29, 1.82) is 0 Å². The molecule has 0 unspecified atom stereocenters. The third kappa shape index (κ3) is 2.13. The Morgan fingerprint density at radius 2 is 1.87 bits per heavy atom. The van der Waals surface area contributed by atoms with Gasteiger partial charge in [0.05, 0.1) is 4.92 Å². The third-order valence-corrected chi connectivity index (χ3v) is 3.04. The van der Waals surface area contributed by atoms with E-state index in [-0.39, 0.29) is 11.3 Å². The number of hydrogen-bond donors (Lipinski definition) is 1. The van der Waals surface area contributed by atoms with Gasteiger partial charge in [0, 0.05) is 11.1 Å². The van der Waals surface area contributed by atoms with Gasteiger partial charge < -0.3 is 0 Å². The molecule has 0 fully saturated rings. The lowest BCUT2D eigenvalue weighted by atomic mass is 10.1. The Bertz CT molecular complexity index is 520. The molecule has 0 spiro atoms. The van der Waals surface area contributed by atoms with Crippen LogP contribution in [0.25, 0.3) is 0 Å². The second-order valence-corrected chi connectivity index (χ2v) is 4.48. The van der Waals surface area contributed by atoms with Crippen LogP contribution >= 0.6 is 0 Å². The molecular formula is C8H9NO5S. The zero-order valence-corrected chi connectivity index (χ0v) is 8.91. The number of nitrogens with zero attached hydrogens (tertiary/aromatic N) is 1. The van der Waals surface area contributed by atoms with Crippen molar-refractivity contribution in [1.82, 2.24) is 0 Å². The summed E-state index contributed by atoms with van der Waals surface area (Å²) < 4.78 is 30.6. The molecule has 0 aliphatic heterocycles. The fraction of sp³-hybridized carbons (Fsp3) is 0.250. The predicted molar refractivity (Wildman–Crippen MR) is 52.4 cm³/mol. The minimum atomic E-state index is -4.41. The Labute approximate surface area is 86.4 Å². The number of benzene rings is 1. The van der Waals surface area contributed by atoms with E-state index >= 15 is 0 Å². The molecule has 7 heteroatoms. The Balaban J connectivity index is 3.64. The van der Waals surface area contributed by atoms with E-state index in [1.807, 2.05) is 0 Å². The van der Waals surface area contributed by atoms with Gasteiger partial charge in [0.25, 0.3) is 15.8 Å². The molecule has 0 aliphatic rings. The van der Waals surface area contributed by atoms with E-state index in [4.69, 9.17) is 4.55 Å². The fourth-order valence-electron chi connectivity index (χ4n) is 1.38. The maximum Gasteiger partial charge on any atom is 0.295 e. The Hall–Kier alpha value is -1.47. The third-order valence-electron chi connectivity index (χ3n) is 2.04. The topological polar surface area (TPSA) is 97.5 Å².